The molecule has 0 saturated heterocycles. The molecule has 1 aromatic heterocycles. The second-order valence-corrected chi connectivity index (χ2v) is 10.8. The minimum atomic E-state index is -1.70. The fourth-order valence-electron chi connectivity index (χ4n) is 4.05. The highest BCUT2D eigenvalue weighted by Crippen LogP contribution is 2.37. The number of hydrogen-bond donors (Lipinski definition) is 2. The van der Waals surface area contributed by atoms with E-state index in [1.807, 2.05) is 13.0 Å². The number of hydrogen-bond acceptors (Lipinski definition) is 5. The normalized spacial score (nSPS) is 14.7. The molecule has 6 nitrogen and oxygen atoms in total. The van der Waals surface area contributed by atoms with Gasteiger partial charge in [0.15, 0.2) is 16.1 Å². The van der Waals surface area contributed by atoms with Gasteiger partial charge in [-0.15, -0.1) is 0 Å². The maximum atomic E-state index is 13.5. The summed E-state index contributed by atoms with van der Waals surface area (Å²) in [5, 5.41) is 3.42. The van der Waals surface area contributed by atoms with Crippen LogP contribution in [0.1, 0.15) is 37.8 Å². The van der Waals surface area contributed by atoms with Gasteiger partial charge in [-0.05, 0) is 67.6 Å². The Kier molecular flexibility index (Phi) is 7.85. The molecule has 1 aliphatic carbocycles. The van der Waals surface area contributed by atoms with Crippen molar-refractivity contribution in [2.45, 2.75) is 43.9 Å². The highest BCUT2D eigenvalue weighted by atomic mass is 35.5. The van der Waals surface area contributed by atoms with Crippen LogP contribution in [-0.4, -0.2) is 22.2 Å². The van der Waals surface area contributed by atoms with Crippen LogP contribution < -0.4 is 14.8 Å². The van der Waals surface area contributed by atoms with Gasteiger partial charge in [0.25, 0.3) is 0 Å². The third-order valence-electron chi connectivity index (χ3n) is 5.75. The number of rotatable bonds is 8. The highest BCUT2D eigenvalue weighted by Gasteiger charge is 2.20. The predicted molar refractivity (Wildman–Crippen MR) is 135 cm³/mol. The van der Waals surface area contributed by atoms with E-state index in [2.05, 4.69) is 15.0 Å². The first-order chi connectivity index (χ1) is 16.3. The third kappa shape index (κ3) is 5.76. The van der Waals surface area contributed by atoms with E-state index in [-0.39, 0.29) is 10.9 Å². The van der Waals surface area contributed by atoms with E-state index in [4.69, 9.17) is 16.3 Å². The zero-order valence-corrected chi connectivity index (χ0v) is 21.2. The van der Waals surface area contributed by atoms with Gasteiger partial charge < -0.3 is 14.8 Å². The zero-order valence-electron chi connectivity index (χ0n) is 18.8. The first kappa shape index (κ1) is 24.6. The summed E-state index contributed by atoms with van der Waals surface area (Å²) in [6, 6.07) is 9.40. The Morgan fingerprint density at radius 1 is 1.26 bits per heavy atom. The molecular formula is C24H25ClFN3O3S2. The standard InChI is InChI=1S/C24H25ClFN3O3S2/c1-14-23(33-24(27-14)28-22(30)11-15-5-3-4-6-15)16-7-10-20(32-2)21(12-16)34(31)29-17-8-9-19(26)18(25)13-17/h7-10,12-13,15,29H,3-6,11H2,1-2H3,(H,27,28,30). The summed E-state index contributed by atoms with van der Waals surface area (Å²) < 4.78 is 34.8. The van der Waals surface area contributed by atoms with Gasteiger partial charge in [0.05, 0.1) is 22.7 Å². The molecule has 1 atom stereocenters. The van der Waals surface area contributed by atoms with Gasteiger partial charge in [0.2, 0.25) is 5.91 Å². The van der Waals surface area contributed by atoms with E-state index in [0.717, 1.165) is 29.0 Å². The number of carbonyl (C=O) groups is 1. The quantitative estimate of drug-likeness (QED) is 0.351. The van der Waals surface area contributed by atoms with Gasteiger partial charge >= 0.3 is 0 Å². The minimum absolute atomic E-state index is 0.00844. The summed E-state index contributed by atoms with van der Waals surface area (Å²) >= 11 is 7.21. The molecule has 1 saturated carbocycles. The Bertz CT molecular complexity index is 1230. The smallest absolute Gasteiger partial charge is 0.226 e. The number of ether oxygens (including phenoxy) is 1. The second kappa shape index (κ2) is 10.8. The fourth-order valence-corrected chi connectivity index (χ4v) is 6.23. The van der Waals surface area contributed by atoms with Crippen LogP contribution in [0.2, 0.25) is 5.02 Å². The Balaban J connectivity index is 1.54. The van der Waals surface area contributed by atoms with Crippen molar-refractivity contribution < 1.29 is 18.1 Å². The molecule has 1 unspecified atom stereocenters. The Hall–Kier alpha value is -2.49. The molecule has 34 heavy (non-hydrogen) atoms. The van der Waals surface area contributed by atoms with Crippen LogP contribution in [0, 0.1) is 18.7 Å². The van der Waals surface area contributed by atoms with Gasteiger partial charge in [0, 0.05) is 12.1 Å². The third-order valence-corrected chi connectivity index (χ3v) is 8.30. The number of carbonyl (C=O) groups excluding carboxylic acids is 1. The number of amides is 1. The molecule has 2 N–H and O–H groups in total. The first-order valence-electron chi connectivity index (χ1n) is 10.9. The molecule has 0 bridgehead atoms. The summed E-state index contributed by atoms with van der Waals surface area (Å²) in [6.45, 7) is 1.87. The summed E-state index contributed by atoms with van der Waals surface area (Å²) in [4.78, 5) is 18.2. The second-order valence-electron chi connectivity index (χ2n) is 8.20. The largest absolute Gasteiger partial charge is 0.495 e. The van der Waals surface area contributed by atoms with Gasteiger partial charge in [-0.1, -0.05) is 35.8 Å². The predicted octanol–water partition coefficient (Wildman–Crippen LogP) is 6.57. The van der Waals surface area contributed by atoms with Gasteiger partial charge in [-0.2, -0.15) is 0 Å². The zero-order chi connectivity index (χ0) is 24.2. The molecule has 1 heterocycles. The molecule has 180 valence electrons. The lowest BCUT2D eigenvalue weighted by Crippen LogP contribution is -2.14. The average molecular weight is 522 g/mol. The monoisotopic (exact) mass is 521 g/mol. The van der Waals surface area contributed by atoms with Crippen LogP contribution in [0.4, 0.5) is 15.2 Å². The van der Waals surface area contributed by atoms with Crippen LogP contribution >= 0.6 is 22.9 Å². The number of nitrogens with zero attached hydrogens (tertiary/aromatic N) is 1. The molecule has 10 heteroatoms. The number of anilines is 2. The number of aryl methyl sites for hydroxylation is 1. The van der Waals surface area contributed by atoms with Crippen molar-refractivity contribution in [3.8, 4) is 16.2 Å². The first-order valence-corrected chi connectivity index (χ1v) is 13.3. The SMILES string of the molecule is COc1ccc(-c2sc(NC(=O)CC3CCCC3)nc2C)cc1S(=O)Nc1ccc(F)c(Cl)c1. The van der Waals surface area contributed by atoms with Crippen LogP contribution in [0.25, 0.3) is 10.4 Å². The minimum Gasteiger partial charge on any atom is -0.495 e. The van der Waals surface area contributed by atoms with Crippen molar-refractivity contribution in [1.82, 2.24) is 4.98 Å². The molecule has 1 aliphatic rings. The summed E-state index contributed by atoms with van der Waals surface area (Å²) in [5.74, 6) is 0.341. The van der Waals surface area contributed by atoms with Crippen LogP contribution in [0.3, 0.4) is 0 Å². The maximum absolute atomic E-state index is 13.5. The van der Waals surface area contributed by atoms with Crippen molar-refractivity contribution in [3.05, 3.63) is 52.9 Å². The summed E-state index contributed by atoms with van der Waals surface area (Å²) in [6.07, 6.45) is 5.14. The van der Waals surface area contributed by atoms with E-state index in [1.54, 1.807) is 12.1 Å². The van der Waals surface area contributed by atoms with Crippen molar-refractivity contribution >= 4 is 50.6 Å². The molecule has 1 fully saturated rings. The maximum Gasteiger partial charge on any atom is 0.226 e. The molecule has 0 aliphatic heterocycles. The number of benzene rings is 2. The average Bonchev–Trinajstić information content (AvgIpc) is 3.45. The van der Waals surface area contributed by atoms with E-state index < -0.39 is 16.8 Å². The van der Waals surface area contributed by atoms with Crippen molar-refractivity contribution in [2.75, 3.05) is 17.1 Å². The molecular weight excluding hydrogens is 497 g/mol. The van der Waals surface area contributed by atoms with E-state index in [1.165, 1.54) is 49.5 Å². The molecule has 3 aromatic rings. The van der Waals surface area contributed by atoms with Crippen LogP contribution in [-0.2, 0) is 15.8 Å². The number of thiazole rings is 1. The van der Waals surface area contributed by atoms with Crippen molar-refractivity contribution in [2.24, 2.45) is 5.92 Å². The highest BCUT2D eigenvalue weighted by molar-refractivity contribution is 7.86. The molecule has 4 rings (SSSR count). The number of methoxy groups -OCH3 is 1. The van der Waals surface area contributed by atoms with Crippen molar-refractivity contribution in [3.63, 3.8) is 0 Å². The van der Waals surface area contributed by atoms with Crippen LogP contribution in [0.15, 0.2) is 41.3 Å². The van der Waals surface area contributed by atoms with E-state index in [9.17, 15) is 13.4 Å². The van der Waals surface area contributed by atoms with Gasteiger partial charge in [-0.25, -0.2) is 13.6 Å². The van der Waals surface area contributed by atoms with Crippen molar-refractivity contribution in [1.29, 1.82) is 0 Å². The van der Waals surface area contributed by atoms with E-state index >= 15 is 0 Å². The number of halogens is 2. The molecule has 0 spiro atoms. The number of nitrogens with one attached hydrogen (secondary N) is 2. The Labute approximate surface area is 209 Å². The number of aromatic nitrogens is 1. The van der Waals surface area contributed by atoms with Gasteiger partial charge in [-0.3, -0.25) is 4.79 Å². The Morgan fingerprint density at radius 2 is 2.03 bits per heavy atom. The lowest BCUT2D eigenvalue weighted by Gasteiger charge is -2.12. The molecule has 2 aromatic carbocycles. The summed E-state index contributed by atoms with van der Waals surface area (Å²) in [5.41, 5.74) is 1.98. The lowest BCUT2D eigenvalue weighted by atomic mass is 10.0. The molecule has 1 amide bonds. The molecule has 0 radical (unpaired) electrons. The van der Waals surface area contributed by atoms with Crippen LogP contribution in [0.5, 0.6) is 5.75 Å². The Morgan fingerprint density at radius 3 is 2.74 bits per heavy atom. The lowest BCUT2D eigenvalue weighted by molar-refractivity contribution is -0.117. The fraction of sp³-hybridized carbons (Fsp3) is 0.333. The topological polar surface area (TPSA) is 80.3 Å². The summed E-state index contributed by atoms with van der Waals surface area (Å²) in [7, 11) is -0.198. The van der Waals surface area contributed by atoms with Gasteiger partial charge in [0.1, 0.15) is 16.5 Å². The van der Waals surface area contributed by atoms with E-state index in [0.29, 0.717) is 33.8 Å².